The Morgan fingerprint density at radius 3 is 2.65 bits per heavy atom. The molecule has 0 aromatic heterocycles. The van der Waals surface area contributed by atoms with Crippen molar-refractivity contribution in [1.29, 1.82) is 0 Å². The maximum absolute atomic E-state index is 11.9. The second kappa shape index (κ2) is 7.79. The first kappa shape index (κ1) is 16.3. The average molecular weight is 320 g/mol. The van der Waals surface area contributed by atoms with Crippen LogP contribution in [0.3, 0.4) is 0 Å². The molecule has 1 aromatic rings. The number of methoxy groups -OCH3 is 1. The zero-order valence-corrected chi connectivity index (χ0v) is 13.5. The fourth-order valence-electron chi connectivity index (χ4n) is 3.27. The van der Waals surface area contributed by atoms with E-state index in [1.807, 2.05) is 24.3 Å². The van der Waals surface area contributed by atoms with E-state index >= 15 is 0 Å². The summed E-state index contributed by atoms with van der Waals surface area (Å²) in [4.78, 5) is 11.9. The second-order valence-corrected chi connectivity index (χ2v) is 6.08. The summed E-state index contributed by atoms with van der Waals surface area (Å²) in [6, 6.07) is 7.97. The molecule has 1 aromatic carbocycles. The van der Waals surface area contributed by atoms with Crippen LogP contribution in [0.1, 0.15) is 37.2 Å². The highest BCUT2D eigenvalue weighted by Crippen LogP contribution is 2.34. The molecule has 3 atom stereocenters. The van der Waals surface area contributed by atoms with Crippen LogP contribution in [-0.2, 0) is 19.0 Å². The SMILES string of the molecule is COC(=O)[C@H]1COCC[C@H]1c1ccc(OC2CCCCO2)cc1. The van der Waals surface area contributed by atoms with Crippen LogP contribution >= 0.6 is 0 Å². The third kappa shape index (κ3) is 4.03. The smallest absolute Gasteiger partial charge is 0.311 e. The molecule has 0 spiro atoms. The molecule has 0 amide bonds. The lowest BCUT2D eigenvalue weighted by Crippen LogP contribution is -2.33. The topological polar surface area (TPSA) is 54.0 Å². The molecule has 0 aliphatic carbocycles. The van der Waals surface area contributed by atoms with Crippen LogP contribution in [0.4, 0.5) is 0 Å². The fraction of sp³-hybridized carbons (Fsp3) is 0.611. The van der Waals surface area contributed by atoms with Crippen molar-refractivity contribution in [3.8, 4) is 5.75 Å². The highest BCUT2D eigenvalue weighted by molar-refractivity contribution is 5.74. The van der Waals surface area contributed by atoms with Gasteiger partial charge < -0.3 is 18.9 Å². The molecule has 2 aliphatic heterocycles. The Labute approximate surface area is 136 Å². The van der Waals surface area contributed by atoms with Gasteiger partial charge in [0.05, 0.1) is 26.2 Å². The van der Waals surface area contributed by atoms with E-state index in [0.29, 0.717) is 13.2 Å². The normalized spacial score (nSPS) is 28.1. The predicted octanol–water partition coefficient (Wildman–Crippen LogP) is 2.89. The van der Waals surface area contributed by atoms with Crippen molar-refractivity contribution in [3.63, 3.8) is 0 Å². The van der Waals surface area contributed by atoms with Crippen LogP contribution < -0.4 is 4.74 Å². The van der Waals surface area contributed by atoms with Gasteiger partial charge in [-0.1, -0.05) is 12.1 Å². The molecule has 126 valence electrons. The standard InChI is InChI=1S/C18H24O5/c1-20-18(19)16-12-21-11-9-15(16)13-5-7-14(8-6-13)23-17-4-2-3-10-22-17/h5-8,15-17H,2-4,9-12H2,1H3/t15-,16-,17?/m0/s1. The summed E-state index contributed by atoms with van der Waals surface area (Å²) in [5.41, 5.74) is 1.13. The quantitative estimate of drug-likeness (QED) is 0.799. The van der Waals surface area contributed by atoms with E-state index < -0.39 is 0 Å². The van der Waals surface area contributed by atoms with E-state index in [4.69, 9.17) is 18.9 Å². The Balaban J connectivity index is 1.66. The Morgan fingerprint density at radius 1 is 1.13 bits per heavy atom. The van der Waals surface area contributed by atoms with E-state index in [1.165, 1.54) is 7.11 Å². The molecule has 3 rings (SSSR count). The Kier molecular flexibility index (Phi) is 5.51. The van der Waals surface area contributed by atoms with Crippen molar-refractivity contribution >= 4 is 5.97 Å². The lowest BCUT2D eigenvalue weighted by atomic mass is 9.82. The molecule has 1 unspecified atom stereocenters. The molecule has 2 fully saturated rings. The van der Waals surface area contributed by atoms with E-state index in [0.717, 1.165) is 43.6 Å². The zero-order valence-electron chi connectivity index (χ0n) is 13.5. The highest BCUT2D eigenvalue weighted by Gasteiger charge is 2.33. The van der Waals surface area contributed by atoms with Crippen LogP contribution in [0.2, 0.25) is 0 Å². The van der Waals surface area contributed by atoms with Gasteiger partial charge in [0.25, 0.3) is 0 Å². The molecular weight excluding hydrogens is 296 g/mol. The first-order valence-electron chi connectivity index (χ1n) is 8.31. The van der Waals surface area contributed by atoms with Crippen LogP contribution in [0.15, 0.2) is 24.3 Å². The third-order valence-corrected chi connectivity index (χ3v) is 4.57. The maximum atomic E-state index is 11.9. The minimum atomic E-state index is -0.234. The van der Waals surface area contributed by atoms with Gasteiger partial charge in [0.15, 0.2) is 6.29 Å². The number of ether oxygens (including phenoxy) is 4. The number of rotatable bonds is 4. The molecule has 2 saturated heterocycles. The van der Waals surface area contributed by atoms with Crippen LogP contribution in [0.25, 0.3) is 0 Å². The Hall–Kier alpha value is -1.59. The minimum absolute atomic E-state index is 0.135. The van der Waals surface area contributed by atoms with Crippen molar-refractivity contribution in [3.05, 3.63) is 29.8 Å². The van der Waals surface area contributed by atoms with E-state index in [-0.39, 0.29) is 24.1 Å². The summed E-state index contributed by atoms with van der Waals surface area (Å²) in [5, 5.41) is 0. The number of hydrogen-bond acceptors (Lipinski definition) is 5. The average Bonchev–Trinajstić information content (AvgIpc) is 2.62. The van der Waals surface area contributed by atoms with Gasteiger partial charge in [0.1, 0.15) is 5.75 Å². The predicted molar refractivity (Wildman–Crippen MR) is 84.3 cm³/mol. The van der Waals surface area contributed by atoms with Crippen molar-refractivity contribution in [2.45, 2.75) is 37.9 Å². The molecule has 5 heteroatoms. The first-order chi connectivity index (χ1) is 11.3. The number of benzene rings is 1. The van der Waals surface area contributed by atoms with E-state index in [2.05, 4.69) is 0 Å². The first-order valence-corrected chi connectivity index (χ1v) is 8.31. The molecule has 0 radical (unpaired) electrons. The lowest BCUT2D eigenvalue weighted by molar-refractivity contribution is -0.150. The molecule has 0 saturated carbocycles. The molecule has 2 heterocycles. The van der Waals surface area contributed by atoms with Crippen molar-refractivity contribution in [2.24, 2.45) is 5.92 Å². The molecule has 23 heavy (non-hydrogen) atoms. The number of esters is 1. The summed E-state index contributed by atoms with van der Waals surface area (Å²) in [5.74, 6) is 0.506. The molecule has 0 bridgehead atoms. The van der Waals surface area contributed by atoms with Gasteiger partial charge in [0, 0.05) is 18.9 Å². The zero-order chi connectivity index (χ0) is 16.1. The maximum Gasteiger partial charge on any atom is 0.311 e. The van der Waals surface area contributed by atoms with E-state index in [1.54, 1.807) is 0 Å². The number of hydrogen-bond donors (Lipinski definition) is 0. The molecular formula is C18H24O5. The Morgan fingerprint density at radius 2 is 1.96 bits per heavy atom. The minimum Gasteiger partial charge on any atom is -0.469 e. The molecule has 5 nitrogen and oxygen atoms in total. The molecule has 0 N–H and O–H groups in total. The van der Waals surface area contributed by atoms with Gasteiger partial charge in [0.2, 0.25) is 0 Å². The van der Waals surface area contributed by atoms with Crippen molar-refractivity contribution < 1.29 is 23.7 Å². The fourth-order valence-corrected chi connectivity index (χ4v) is 3.27. The van der Waals surface area contributed by atoms with Crippen LogP contribution in [0, 0.1) is 5.92 Å². The second-order valence-electron chi connectivity index (χ2n) is 6.08. The van der Waals surface area contributed by atoms with Crippen LogP contribution in [-0.4, -0.2) is 39.2 Å². The van der Waals surface area contributed by atoms with Gasteiger partial charge in [-0.15, -0.1) is 0 Å². The van der Waals surface area contributed by atoms with Gasteiger partial charge in [-0.05, 0) is 37.0 Å². The lowest BCUT2D eigenvalue weighted by Gasteiger charge is -2.30. The van der Waals surface area contributed by atoms with Gasteiger partial charge in [-0.25, -0.2) is 0 Å². The number of carbonyl (C=O) groups excluding carboxylic acids is 1. The van der Waals surface area contributed by atoms with Crippen LogP contribution in [0.5, 0.6) is 5.75 Å². The number of carbonyl (C=O) groups is 1. The summed E-state index contributed by atoms with van der Waals surface area (Å²) >= 11 is 0. The van der Waals surface area contributed by atoms with Gasteiger partial charge in [-0.3, -0.25) is 4.79 Å². The Bertz CT molecular complexity index is 507. The largest absolute Gasteiger partial charge is 0.469 e. The van der Waals surface area contributed by atoms with Crippen molar-refractivity contribution in [2.75, 3.05) is 26.9 Å². The van der Waals surface area contributed by atoms with Crippen molar-refractivity contribution in [1.82, 2.24) is 0 Å². The summed E-state index contributed by atoms with van der Waals surface area (Å²) in [7, 11) is 1.43. The summed E-state index contributed by atoms with van der Waals surface area (Å²) in [6.45, 7) is 1.86. The van der Waals surface area contributed by atoms with Gasteiger partial charge >= 0.3 is 5.97 Å². The summed E-state index contributed by atoms with van der Waals surface area (Å²) < 4.78 is 21.8. The molecule has 2 aliphatic rings. The summed E-state index contributed by atoms with van der Waals surface area (Å²) in [6.07, 6.45) is 3.88. The third-order valence-electron chi connectivity index (χ3n) is 4.57. The van der Waals surface area contributed by atoms with E-state index in [9.17, 15) is 4.79 Å². The highest BCUT2D eigenvalue weighted by atomic mass is 16.7. The van der Waals surface area contributed by atoms with Gasteiger partial charge in [-0.2, -0.15) is 0 Å². The monoisotopic (exact) mass is 320 g/mol.